The summed E-state index contributed by atoms with van der Waals surface area (Å²) in [6.07, 6.45) is 11.1. The fourth-order valence-electron chi connectivity index (χ4n) is 4.16. The smallest absolute Gasteiger partial charge is 0.231 e. The lowest BCUT2D eigenvalue weighted by molar-refractivity contribution is 0.148. The maximum Gasteiger partial charge on any atom is 0.231 e. The Morgan fingerprint density at radius 3 is 2.64 bits per heavy atom. The molecule has 1 saturated carbocycles. The van der Waals surface area contributed by atoms with E-state index in [-0.39, 0.29) is 6.10 Å². The monoisotopic (exact) mass is 483 g/mol. The van der Waals surface area contributed by atoms with E-state index in [0.29, 0.717) is 47.2 Å². The van der Waals surface area contributed by atoms with E-state index in [9.17, 15) is 0 Å². The Morgan fingerprint density at radius 2 is 1.78 bits per heavy atom. The van der Waals surface area contributed by atoms with Gasteiger partial charge < -0.3 is 19.5 Å². The van der Waals surface area contributed by atoms with Crippen LogP contribution in [-0.2, 0) is 0 Å². The van der Waals surface area contributed by atoms with Gasteiger partial charge in [0, 0.05) is 17.8 Å². The van der Waals surface area contributed by atoms with Crippen LogP contribution in [0.25, 0.3) is 11.3 Å². The summed E-state index contributed by atoms with van der Waals surface area (Å²) in [5.74, 6) is 3.56. The Hall–Kier alpha value is -4.20. The fourth-order valence-corrected chi connectivity index (χ4v) is 4.16. The maximum atomic E-state index is 6.10. The summed E-state index contributed by atoms with van der Waals surface area (Å²) in [6, 6.07) is 17.1. The average molecular weight is 484 g/mol. The van der Waals surface area contributed by atoms with E-state index in [4.69, 9.17) is 19.2 Å². The number of para-hydroxylation sites is 2. The van der Waals surface area contributed by atoms with Gasteiger partial charge in [0.2, 0.25) is 11.8 Å². The molecule has 1 aliphatic rings. The lowest BCUT2D eigenvalue weighted by Gasteiger charge is -2.22. The van der Waals surface area contributed by atoms with Crippen LogP contribution in [0.15, 0.2) is 73.2 Å². The topological polar surface area (TPSA) is 91.3 Å². The zero-order valence-corrected chi connectivity index (χ0v) is 20.3. The molecule has 36 heavy (non-hydrogen) atoms. The molecule has 0 amide bonds. The number of hydrogen-bond donors (Lipinski definition) is 1. The minimum atomic E-state index is 0.222. The number of benzene rings is 2. The molecule has 2 heterocycles. The predicted molar refractivity (Wildman–Crippen MR) is 138 cm³/mol. The van der Waals surface area contributed by atoms with Crippen LogP contribution in [0, 0.1) is 0 Å². The molecule has 0 radical (unpaired) electrons. The Bertz CT molecular complexity index is 1290. The predicted octanol–water partition coefficient (Wildman–Crippen LogP) is 6.58. The van der Waals surface area contributed by atoms with Crippen LogP contribution < -0.4 is 19.5 Å². The molecule has 0 bridgehead atoms. The quantitative estimate of drug-likeness (QED) is 0.285. The molecule has 0 atom stereocenters. The van der Waals surface area contributed by atoms with Gasteiger partial charge in [-0.15, -0.1) is 0 Å². The van der Waals surface area contributed by atoms with Gasteiger partial charge in [-0.2, -0.15) is 4.98 Å². The van der Waals surface area contributed by atoms with Crippen molar-refractivity contribution in [1.82, 2.24) is 19.9 Å². The van der Waals surface area contributed by atoms with Gasteiger partial charge in [0.15, 0.2) is 17.3 Å². The van der Waals surface area contributed by atoms with Gasteiger partial charge in [0.1, 0.15) is 11.9 Å². The highest BCUT2D eigenvalue weighted by Gasteiger charge is 2.16. The van der Waals surface area contributed by atoms with Crippen LogP contribution in [0.4, 0.5) is 11.8 Å². The van der Waals surface area contributed by atoms with Gasteiger partial charge in [-0.25, -0.2) is 9.97 Å². The summed E-state index contributed by atoms with van der Waals surface area (Å²) in [5.41, 5.74) is 1.56. The zero-order chi connectivity index (χ0) is 24.6. The molecule has 1 aliphatic carbocycles. The van der Waals surface area contributed by atoms with Crippen molar-refractivity contribution in [2.75, 3.05) is 11.9 Å². The molecular formula is C28H29N5O3. The largest absolute Gasteiger partial charge is 0.490 e. The van der Waals surface area contributed by atoms with Crippen LogP contribution >= 0.6 is 0 Å². The minimum Gasteiger partial charge on any atom is -0.490 e. The van der Waals surface area contributed by atoms with E-state index in [1.807, 2.05) is 55.5 Å². The normalized spacial score (nSPS) is 13.7. The summed E-state index contributed by atoms with van der Waals surface area (Å²) in [4.78, 5) is 17.9. The highest BCUT2D eigenvalue weighted by atomic mass is 16.5. The molecule has 5 rings (SSSR count). The molecule has 4 aromatic rings. The second-order valence-electron chi connectivity index (χ2n) is 8.52. The fraction of sp³-hybridized carbons (Fsp3) is 0.286. The van der Waals surface area contributed by atoms with Gasteiger partial charge >= 0.3 is 0 Å². The Kier molecular flexibility index (Phi) is 7.51. The Morgan fingerprint density at radius 1 is 0.917 bits per heavy atom. The van der Waals surface area contributed by atoms with E-state index in [1.165, 1.54) is 19.3 Å². The molecule has 1 N–H and O–H groups in total. The SMILES string of the molecule is CCOc1ccccc1Oc1cccc(-c2cncc(Nc3nccc(OC4CCCCC4)n3)n2)c1. The lowest BCUT2D eigenvalue weighted by Crippen LogP contribution is -2.20. The molecule has 1 fully saturated rings. The molecule has 0 unspecified atom stereocenters. The number of ether oxygens (including phenoxy) is 3. The molecule has 0 saturated heterocycles. The summed E-state index contributed by atoms with van der Waals surface area (Å²) < 4.78 is 17.8. The zero-order valence-electron chi connectivity index (χ0n) is 20.3. The number of aromatic nitrogens is 4. The molecule has 2 aromatic carbocycles. The molecule has 184 valence electrons. The van der Waals surface area contributed by atoms with Gasteiger partial charge in [0.05, 0.1) is 24.7 Å². The van der Waals surface area contributed by atoms with Crippen molar-refractivity contribution in [2.45, 2.75) is 45.1 Å². The summed E-state index contributed by atoms with van der Waals surface area (Å²) in [7, 11) is 0. The Labute approximate surface area is 210 Å². The highest BCUT2D eigenvalue weighted by molar-refractivity contribution is 5.63. The molecule has 8 heteroatoms. The molecule has 0 aliphatic heterocycles. The molecule has 0 spiro atoms. The third-order valence-electron chi connectivity index (χ3n) is 5.85. The second-order valence-corrected chi connectivity index (χ2v) is 8.52. The van der Waals surface area contributed by atoms with Crippen molar-refractivity contribution in [3.8, 4) is 34.4 Å². The second kappa shape index (κ2) is 11.5. The van der Waals surface area contributed by atoms with Crippen LogP contribution in [0.2, 0.25) is 0 Å². The van der Waals surface area contributed by atoms with Crippen molar-refractivity contribution in [3.63, 3.8) is 0 Å². The molecular weight excluding hydrogens is 454 g/mol. The van der Waals surface area contributed by atoms with Gasteiger partial charge in [-0.1, -0.05) is 30.7 Å². The van der Waals surface area contributed by atoms with Crippen molar-refractivity contribution >= 4 is 11.8 Å². The van der Waals surface area contributed by atoms with Crippen molar-refractivity contribution in [1.29, 1.82) is 0 Å². The van der Waals surface area contributed by atoms with Crippen molar-refractivity contribution in [3.05, 3.63) is 73.2 Å². The van der Waals surface area contributed by atoms with Crippen LogP contribution in [0.3, 0.4) is 0 Å². The Balaban J connectivity index is 1.30. The minimum absolute atomic E-state index is 0.222. The summed E-state index contributed by atoms with van der Waals surface area (Å²) in [5, 5.41) is 3.14. The standard InChI is InChI=1S/C28H29N5O3/c1-2-34-24-13-6-7-14-25(24)35-22-12-8-9-20(17-22)23-18-29-19-26(31-23)32-28-30-16-15-27(33-28)36-21-10-4-3-5-11-21/h6-9,12-19,21H,2-5,10-11H2,1H3,(H,30,31,32,33). The highest BCUT2D eigenvalue weighted by Crippen LogP contribution is 2.33. The van der Waals surface area contributed by atoms with E-state index in [1.54, 1.807) is 24.7 Å². The molecule has 2 aromatic heterocycles. The first kappa shape index (κ1) is 23.5. The third-order valence-corrected chi connectivity index (χ3v) is 5.85. The summed E-state index contributed by atoms with van der Waals surface area (Å²) >= 11 is 0. The number of nitrogens with one attached hydrogen (secondary N) is 1. The van der Waals surface area contributed by atoms with E-state index >= 15 is 0 Å². The third kappa shape index (κ3) is 6.07. The summed E-state index contributed by atoms with van der Waals surface area (Å²) in [6.45, 7) is 2.51. The first-order valence-corrected chi connectivity index (χ1v) is 12.4. The molecule has 8 nitrogen and oxygen atoms in total. The number of nitrogens with zero attached hydrogens (tertiary/aromatic N) is 4. The number of rotatable bonds is 9. The van der Waals surface area contributed by atoms with Crippen LogP contribution in [0.1, 0.15) is 39.0 Å². The number of anilines is 2. The van der Waals surface area contributed by atoms with Crippen LogP contribution in [0.5, 0.6) is 23.1 Å². The van der Waals surface area contributed by atoms with Crippen molar-refractivity contribution < 1.29 is 14.2 Å². The van der Waals surface area contributed by atoms with Gasteiger partial charge in [0.25, 0.3) is 0 Å². The maximum absolute atomic E-state index is 6.10. The van der Waals surface area contributed by atoms with E-state index < -0.39 is 0 Å². The first-order valence-electron chi connectivity index (χ1n) is 12.4. The number of hydrogen-bond acceptors (Lipinski definition) is 8. The first-order chi connectivity index (χ1) is 17.8. The van der Waals surface area contributed by atoms with E-state index in [2.05, 4.69) is 20.3 Å². The van der Waals surface area contributed by atoms with Gasteiger partial charge in [-0.05, 0) is 56.9 Å². The van der Waals surface area contributed by atoms with Gasteiger partial charge in [-0.3, -0.25) is 4.98 Å². The lowest BCUT2D eigenvalue weighted by atomic mass is 9.98. The van der Waals surface area contributed by atoms with E-state index in [0.717, 1.165) is 18.4 Å². The van der Waals surface area contributed by atoms with Crippen LogP contribution in [-0.4, -0.2) is 32.6 Å². The van der Waals surface area contributed by atoms with Crippen molar-refractivity contribution in [2.24, 2.45) is 0 Å². The average Bonchev–Trinajstić information content (AvgIpc) is 2.91.